The van der Waals surface area contributed by atoms with Crippen LogP contribution in [0.2, 0.25) is 0 Å². The molecule has 0 spiro atoms. The molecule has 31 heavy (non-hydrogen) atoms. The van der Waals surface area contributed by atoms with Gasteiger partial charge in [-0.05, 0) is 60.3 Å². The SMILES string of the molecule is CC(=O)c1ccc(N/C=C2/C(=O)c3sccc3N(Cc3cccc(F)c3)S2(=O)=O)cc1. The number of thiophene rings is 1. The van der Waals surface area contributed by atoms with Crippen molar-refractivity contribution in [3.8, 4) is 0 Å². The normalized spacial score (nSPS) is 16.3. The topological polar surface area (TPSA) is 83.6 Å². The van der Waals surface area contributed by atoms with Crippen molar-refractivity contribution in [2.24, 2.45) is 0 Å². The van der Waals surface area contributed by atoms with E-state index in [1.807, 2.05) is 0 Å². The van der Waals surface area contributed by atoms with Gasteiger partial charge in [0.25, 0.3) is 10.0 Å². The second-order valence-electron chi connectivity index (χ2n) is 6.89. The number of sulfonamides is 1. The third-order valence-corrected chi connectivity index (χ3v) is 7.46. The van der Waals surface area contributed by atoms with Gasteiger partial charge in [0.2, 0.25) is 5.78 Å². The van der Waals surface area contributed by atoms with Gasteiger partial charge in [0.1, 0.15) is 10.7 Å². The number of anilines is 2. The molecule has 2 aromatic carbocycles. The van der Waals surface area contributed by atoms with Crippen LogP contribution in [0.4, 0.5) is 15.8 Å². The van der Waals surface area contributed by atoms with E-state index in [0.717, 1.165) is 21.8 Å². The molecular formula is C22H17FN2O4S2. The van der Waals surface area contributed by atoms with E-state index in [-0.39, 0.29) is 18.0 Å². The van der Waals surface area contributed by atoms with Crippen LogP contribution in [0.5, 0.6) is 0 Å². The Labute approximate surface area is 182 Å². The molecule has 0 amide bonds. The number of hydrogen-bond acceptors (Lipinski definition) is 6. The molecule has 9 heteroatoms. The maximum absolute atomic E-state index is 13.6. The Balaban J connectivity index is 1.70. The number of nitrogens with zero attached hydrogens (tertiary/aromatic N) is 1. The minimum absolute atomic E-state index is 0.0897. The van der Waals surface area contributed by atoms with Gasteiger partial charge in [-0.1, -0.05) is 12.1 Å². The summed E-state index contributed by atoms with van der Waals surface area (Å²) in [6, 6.07) is 13.7. The van der Waals surface area contributed by atoms with Crippen molar-refractivity contribution >= 4 is 44.3 Å². The number of rotatable bonds is 5. The number of hydrogen-bond donors (Lipinski definition) is 1. The molecule has 0 unspecified atom stereocenters. The molecule has 0 bridgehead atoms. The molecule has 1 aliphatic heterocycles. The first-order valence-electron chi connectivity index (χ1n) is 9.24. The third kappa shape index (κ3) is 4.01. The zero-order valence-electron chi connectivity index (χ0n) is 16.3. The van der Waals surface area contributed by atoms with E-state index in [1.165, 1.54) is 25.1 Å². The highest BCUT2D eigenvalue weighted by atomic mass is 32.2. The quantitative estimate of drug-likeness (QED) is 0.449. The highest BCUT2D eigenvalue weighted by molar-refractivity contribution is 7.97. The van der Waals surface area contributed by atoms with Crippen molar-refractivity contribution in [3.63, 3.8) is 0 Å². The van der Waals surface area contributed by atoms with Crippen molar-refractivity contribution in [2.45, 2.75) is 13.5 Å². The highest BCUT2D eigenvalue weighted by Crippen LogP contribution is 2.39. The Morgan fingerprint density at radius 3 is 2.58 bits per heavy atom. The zero-order chi connectivity index (χ0) is 22.2. The average Bonchev–Trinajstić information content (AvgIpc) is 3.21. The number of ketones is 2. The summed E-state index contributed by atoms with van der Waals surface area (Å²) >= 11 is 1.15. The van der Waals surface area contributed by atoms with E-state index in [1.54, 1.807) is 41.8 Å². The summed E-state index contributed by atoms with van der Waals surface area (Å²) in [6.07, 6.45) is 1.15. The van der Waals surface area contributed by atoms with Gasteiger partial charge >= 0.3 is 0 Å². The van der Waals surface area contributed by atoms with Crippen LogP contribution in [0.15, 0.2) is 71.1 Å². The Bertz CT molecular complexity index is 1310. The van der Waals surface area contributed by atoms with Crippen LogP contribution in [-0.4, -0.2) is 20.0 Å². The number of halogens is 1. The maximum atomic E-state index is 13.6. The Morgan fingerprint density at radius 1 is 1.16 bits per heavy atom. The van der Waals surface area contributed by atoms with E-state index < -0.39 is 26.5 Å². The fourth-order valence-electron chi connectivity index (χ4n) is 3.21. The van der Waals surface area contributed by atoms with Gasteiger partial charge in [-0.3, -0.25) is 13.9 Å². The molecular weight excluding hydrogens is 439 g/mol. The molecule has 6 nitrogen and oxygen atoms in total. The third-order valence-electron chi connectivity index (χ3n) is 4.79. The van der Waals surface area contributed by atoms with Crippen LogP contribution >= 0.6 is 11.3 Å². The number of carbonyl (C=O) groups excluding carboxylic acids is 2. The van der Waals surface area contributed by atoms with Crippen molar-refractivity contribution in [3.05, 3.63) is 92.9 Å². The molecule has 2 heterocycles. The molecule has 158 valence electrons. The smallest absolute Gasteiger partial charge is 0.270 e. The van der Waals surface area contributed by atoms with Crippen molar-refractivity contribution < 1.29 is 22.4 Å². The van der Waals surface area contributed by atoms with Crippen LogP contribution < -0.4 is 9.62 Å². The fourth-order valence-corrected chi connectivity index (χ4v) is 5.69. The highest BCUT2D eigenvalue weighted by Gasteiger charge is 2.41. The van der Waals surface area contributed by atoms with Crippen LogP contribution in [0.1, 0.15) is 32.5 Å². The van der Waals surface area contributed by atoms with E-state index in [2.05, 4.69) is 5.32 Å². The number of allylic oxidation sites excluding steroid dienone is 1. The Kier molecular flexibility index (Phi) is 5.47. The number of benzene rings is 2. The predicted octanol–water partition coefficient (Wildman–Crippen LogP) is 4.58. The van der Waals surface area contributed by atoms with Crippen molar-refractivity contribution in [1.29, 1.82) is 0 Å². The van der Waals surface area contributed by atoms with Gasteiger partial charge in [-0.15, -0.1) is 11.3 Å². The van der Waals surface area contributed by atoms with Crippen LogP contribution in [0, 0.1) is 5.82 Å². The molecule has 0 radical (unpaired) electrons. The summed E-state index contributed by atoms with van der Waals surface area (Å²) in [5.74, 6) is -1.17. The maximum Gasteiger partial charge on any atom is 0.270 e. The molecule has 0 atom stereocenters. The van der Waals surface area contributed by atoms with Crippen LogP contribution in [-0.2, 0) is 16.6 Å². The molecule has 0 saturated heterocycles. The number of carbonyl (C=O) groups is 2. The fraction of sp³-hybridized carbons (Fsp3) is 0.0909. The van der Waals surface area contributed by atoms with Crippen LogP contribution in [0.25, 0.3) is 0 Å². The number of Topliss-reactive ketones (excluding diaryl/α,β-unsaturated/α-hetero) is 2. The lowest BCUT2D eigenvalue weighted by molar-refractivity contribution is 0.101. The lowest BCUT2D eigenvalue weighted by Gasteiger charge is -2.29. The first-order chi connectivity index (χ1) is 14.8. The van der Waals surface area contributed by atoms with Crippen molar-refractivity contribution in [1.82, 2.24) is 0 Å². The Hall–Kier alpha value is -3.30. The summed E-state index contributed by atoms with van der Waals surface area (Å²) in [5, 5.41) is 4.47. The summed E-state index contributed by atoms with van der Waals surface area (Å²) in [6.45, 7) is 1.34. The monoisotopic (exact) mass is 456 g/mol. The standard InChI is InChI=1S/C22H17FN2O4S2/c1-14(26)16-5-7-18(8-6-16)24-12-20-21(27)22-19(9-10-30-22)25(31(20,28)29)13-15-3-2-4-17(23)11-15/h2-12,24H,13H2,1H3/b20-12-. The van der Waals surface area contributed by atoms with Gasteiger partial charge in [-0.2, -0.15) is 0 Å². The van der Waals surface area contributed by atoms with E-state index in [9.17, 15) is 22.4 Å². The van der Waals surface area contributed by atoms with E-state index >= 15 is 0 Å². The molecule has 4 rings (SSSR count). The van der Waals surface area contributed by atoms with Gasteiger partial charge in [-0.25, -0.2) is 12.8 Å². The summed E-state index contributed by atoms with van der Waals surface area (Å²) in [5.41, 5.74) is 1.78. The molecule has 0 aliphatic carbocycles. The minimum atomic E-state index is -4.19. The Morgan fingerprint density at radius 2 is 1.90 bits per heavy atom. The zero-order valence-corrected chi connectivity index (χ0v) is 18.0. The summed E-state index contributed by atoms with van der Waals surface area (Å²) in [4.78, 5) is 24.2. The molecule has 0 saturated carbocycles. The van der Waals surface area contributed by atoms with Gasteiger partial charge in [0.05, 0.1) is 12.2 Å². The first kappa shape index (κ1) is 21.0. The minimum Gasteiger partial charge on any atom is -0.360 e. The largest absolute Gasteiger partial charge is 0.360 e. The first-order valence-corrected chi connectivity index (χ1v) is 11.6. The lowest BCUT2D eigenvalue weighted by Crippen LogP contribution is -2.38. The molecule has 3 aromatic rings. The average molecular weight is 457 g/mol. The van der Waals surface area contributed by atoms with E-state index in [0.29, 0.717) is 21.7 Å². The van der Waals surface area contributed by atoms with E-state index in [4.69, 9.17) is 0 Å². The van der Waals surface area contributed by atoms with Gasteiger partial charge in [0, 0.05) is 17.5 Å². The lowest BCUT2D eigenvalue weighted by atomic mass is 10.1. The second-order valence-corrected chi connectivity index (χ2v) is 9.64. The number of nitrogens with one attached hydrogen (secondary N) is 1. The van der Waals surface area contributed by atoms with Gasteiger partial charge < -0.3 is 5.32 Å². The molecule has 1 aliphatic rings. The van der Waals surface area contributed by atoms with Gasteiger partial charge in [0.15, 0.2) is 10.7 Å². The molecule has 1 aromatic heterocycles. The number of fused-ring (bicyclic) bond motifs is 1. The molecule has 0 fully saturated rings. The molecule has 1 N–H and O–H groups in total. The van der Waals surface area contributed by atoms with Crippen LogP contribution in [0.3, 0.4) is 0 Å². The second kappa shape index (κ2) is 8.09. The summed E-state index contributed by atoms with van der Waals surface area (Å²) < 4.78 is 41.3. The van der Waals surface area contributed by atoms with Crippen molar-refractivity contribution in [2.75, 3.05) is 9.62 Å². The predicted molar refractivity (Wildman–Crippen MR) is 118 cm³/mol. The summed E-state index contributed by atoms with van der Waals surface area (Å²) in [7, 11) is -4.19.